The van der Waals surface area contributed by atoms with Crippen LogP contribution >= 0.6 is 0 Å². The van der Waals surface area contributed by atoms with Gasteiger partial charge in [0.2, 0.25) is 5.91 Å². The van der Waals surface area contributed by atoms with Crippen LogP contribution in [0.25, 0.3) is 11.1 Å². The second-order valence-corrected chi connectivity index (χ2v) is 9.01. The van der Waals surface area contributed by atoms with E-state index < -0.39 is 0 Å². The van der Waals surface area contributed by atoms with Gasteiger partial charge in [-0.15, -0.1) is 0 Å². The summed E-state index contributed by atoms with van der Waals surface area (Å²) in [6, 6.07) is 17.1. The molecule has 34 heavy (non-hydrogen) atoms. The molecule has 2 amide bonds. The summed E-state index contributed by atoms with van der Waals surface area (Å²) in [5.74, 6) is -0.136. The highest BCUT2D eigenvalue weighted by Crippen LogP contribution is 2.44. The van der Waals surface area contributed by atoms with Gasteiger partial charge in [0.05, 0.1) is 18.8 Å². The zero-order valence-electron chi connectivity index (χ0n) is 19.4. The van der Waals surface area contributed by atoms with Crippen molar-refractivity contribution in [3.8, 4) is 11.1 Å². The number of benzene rings is 2. The van der Waals surface area contributed by atoms with Crippen molar-refractivity contribution in [1.29, 1.82) is 0 Å². The molecule has 0 aliphatic carbocycles. The van der Waals surface area contributed by atoms with Crippen molar-refractivity contribution in [1.82, 2.24) is 19.8 Å². The zero-order chi connectivity index (χ0) is 23.7. The van der Waals surface area contributed by atoms with Crippen molar-refractivity contribution in [3.05, 3.63) is 83.9 Å². The second kappa shape index (κ2) is 9.35. The van der Waals surface area contributed by atoms with Gasteiger partial charge in [0.15, 0.2) is 0 Å². The number of ether oxygens (including phenoxy) is 1. The van der Waals surface area contributed by atoms with Crippen LogP contribution in [0.4, 0.5) is 0 Å². The standard InChI is InChI=1S/C27H28N4O3/c1-18-4-3-5-21(14-18)19-6-8-20(9-7-19)26-23-10-13-30(27(33)22-15-28-11-12-29-22)16-25(32)31(23)24(26)17-34-2/h3-9,11-12,14-15,23-24,26H,10,13,16-17H2,1-2H3/t23-,24+,26-/m0/s1. The predicted octanol–water partition coefficient (Wildman–Crippen LogP) is 3.31. The lowest BCUT2D eigenvalue weighted by molar-refractivity contribution is -0.149. The number of fused-ring (bicyclic) bond motifs is 1. The highest BCUT2D eigenvalue weighted by molar-refractivity contribution is 5.95. The number of carbonyl (C=O) groups excluding carboxylic acids is 2. The maximum atomic E-state index is 13.2. The van der Waals surface area contributed by atoms with Crippen LogP contribution in [-0.2, 0) is 9.53 Å². The molecule has 174 valence electrons. The van der Waals surface area contributed by atoms with Crippen LogP contribution in [0, 0.1) is 6.92 Å². The zero-order valence-corrected chi connectivity index (χ0v) is 19.4. The quantitative estimate of drug-likeness (QED) is 0.589. The molecular weight excluding hydrogens is 428 g/mol. The molecule has 7 heteroatoms. The van der Waals surface area contributed by atoms with E-state index in [1.807, 2.05) is 4.90 Å². The summed E-state index contributed by atoms with van der Waals surface area (Å²) in [7, 11) is 1.66. The summed E-state index contributed by atoms with van der Waals surface area (Å²) < 4.78 is 5.49. The Labute approximate surface area is 199 Å². The van der Waals surface area contributed by atoms with Crippen molar-refractivity contribution >= 4 is 11.8 Å². The molecule has 2 fully saturated rings. The molecule has 7 nitrogen and oxygen atoms in total. The molecule has 3 heterocycles. The molecule has 0 bridgehead atoms. The Hall–Kier alpha value is -3.58. The van der Waals surface area contributed by atoms with Gasteiger partial charge in [0.1, 0.15) is 12.2 Å². The Morgan fingerprint density at radius 1 is 1.12 bits per heavy atom. The molecule has 1 aromatic heterocycles. The van der Waals surface area contributed by atoms with Crippen LogP contribution in [0.5, 0.6) is 0 Å². The molecule has 0 unspecified atom stereocenters. The summed E-state index contributed by atoms with van der Waals surface area (Å²) in [5.41, 5.74) is 5.05. The van der Waals surface area contributed by atoms with Gasteiger partial charge < -0.3 is 14.5 Å². The third-order valence-corrected chi connectivity index (χ3v) is 6.91. The van der Waals surface area contributed by atoms with E-state index in [1.54, 1.807) is 12.0 Å². The molecule has 2 aliphatic heterocycles. The Morgan fingerprint density at radius 2 is 1.94 bits per heavy atom. The number of hydrogen-bond acceptors (Lipinski definition) is 5. The summed E-state index contributed by atoms with van der Waals surface area (Å²) in [4.78, 5) is 37.7. The summed E-state index contributed by atoms with van der Waals surface area (Å²) in [6.45, 7) is 3.10. The van der Waals surface area contributed by atoms with E-state index in [2.05, 4.69) is 65.4 Å². The van der Waals surface area contributed by atoms with E-state index in [9.17, 15) is 9.59 Å². The fourth-order valence-corrected chi connectivity index (χ4v) is 5.31. The lowest BCUT2D eigenvalue weighted by Crippen LogP contribution is -2.65. The third-order valence-electron chi connectivity index (χ3n) is 6.91. The number of hydrogen-bond donors (Lipinski definition) is 0. The predicted molar refractivity (Wildman–Crippen MR) is 128 cm³/mol. The fourth-order valence-electron chi connectivity index (χ4n) is 5.31. The van der Waals surface area contributed by atoms with E-state index in [-0.39, 0.29) is 42.1 Å². The molecular formula is C27H28N4O3. The normalized spacial score (nSPS) is 22.1. The van der Waals surface area contributed by atoms with Gasteiger partial charge in [-0.2, -0.15) is 0 Å². The number of rotatable bonds is 5. The van der Waals surface area contributed by atoms with Gasteiger partial charge in [0.25, 0.3) is 5.91 Å². The van der Waals surface area contributed by atoms with Crippen molar-refractivity contribution in [2.75, 3.05) is 26.8 Å². The van der Waals surface area contributed by atoms with Crippen LogP contribution in [-0.4, -0.2) is 70.5 Å². The lowest BCUT2D eigenvalue weighted by atomic mass is 9.73. The van der Waals surface area contributed by atoms with E-state index >= 15 is 0 Å². The number of aromatic nitrogens is 2. The Bertz CT molecular complexity index is 1180. The van der Waals surface area contributed by atoms with Crippen molar-refractivity contribution in [3.63, 3.8) is 0 Å². The van der Waals surface area contributed by atoms with Crippen LogP contribution in [0.15, 0.2) is 67.1 Å². The van der Waals surface area contributed by atoms with Crippen LogP contribution in [0.3, 0.4) is 0 Å². The SMILES string of the molecule is COC[C@@H]1[C@@H](c2ccc(-c3cccc(C)c3)cc2)[C@@H]2CCN(C(=O)c3cnccn3)CC(=O)N12. The first-order chi connectivity index (χ1) is 16.6. The van der Waals surface area contributed by atoms with E-state index in [4.69, 9.17) is 4.74 Å². The molecule has 5 rings (SSSR count). The van der Waals surface area contributed by atoms with E-state index in [1.165, 1.54) is 40.8 Å². The minimum atomic E-state index is -0.258. The monoisotopic (exact) mass is 456 g/mol. The number of nitrogens with zero attached hydrogens (tertiary/aromatic N) is 4. The number of aryl methyl sites for hydroxylation is 1. The smallest absolute Gasteiger partial charge is 0.274 e. The Morgan fingerprint density at radius 3 is 2.65 bits per heavy atom. The highest BCUT2D eigenvalue weighted by Gasteiger charge is 2.52. The first-order valence-corrected chi connectivity index (χ1v) is 11.6. The van der Waals surface area contributed by atoms with Gasteiger partial charge >= 0.3 is 0 Å². The molecule has 0 spiro atoms. The van der Waals surface area contributed by atoms with E-state index in [0.717, 1.165) is 0 Å². The van der Waals surface area contributed by atoms with Crippen molar-refractivity contribution < 1.29 is 14.3 Å². The summed E-state index contributed by atoms with van der Waals surface area (Å²) in [5, 5.41) is 0. The minimum absolute atomic E-state index is 0.0390. The Balaban J connectivity index is 1.38. The first-order valence-electron chi connectivity index (χ1n) is 11.6. The minimum Gasteiger partial charge on any atom is -0.383 e. The first kappa shape index (κ1) is 22.2. The van der Waals surface area contributed by atoms with Crippen LogP contribution in [0.2, 0.25) is 0 Å². The van der Waals surface area contributed by atoms with Crippen LogP contribution < -0.4 is 0 Å². The maximum Gasteiger partial charge on any atom is 0.274 e. The summed E-state index contributed by atoms with van der Waals surface area (Å²) >= 11 is 0. The van der Waals surface area contributed by atoms with Crippen molar-refractivity contribution in [2.24, 2.45) is 0 Å². The number of methoxy groups -OCH3 is 1. The van der Waals surface area contributed by atoms with Gasteiger partial charge in [-0.1, -0.05) is 54.1 Å². The fraction of sp³-hybridized carbons (Fsp3) is 0.333. The molecule has 0 saturated carbocycles. The maximum absolute atomic E-state index is 13.2. The molecule has 2 saturated heterocycles. The van der Waals surface area contributed by atoms with E-state index in [0.29, 0.717) is 19.6 Å². The number of amides is 2. The van der Waals surface area contributed by atoms with Crippen LogP contribution in [0.1, 0.15) is 34.0 Å². The second-order valence-electron chi connectivity index (χ2n) is 9.01. The van der Waals surface area contributed by atoms with Gasteiger partial charge in [0, 0.05) is 38.0 Å². The average molecular weight is 457 g/mol. The largest absolute Gasteiger partial charge is 0.383 e. The molecule has 3 atom stereocenters. The molecule has 3 aromatic rings. The molecule has 0 radical (unpaired) electrons. The van der Waals surface area contributed by atoms with Gasteiger partial charge in [-0.3, -0.25) is 14.6 Å². The highest BCUT2D eigenvalue weighted by atomic mass is 16.5. The Kier molecular flexibility index (Phi) is 6.11. The number of carbonyl (C=O) groups is 2. The molecule has 0 N–H and O–H groups in total. The topological polar surface area (TPSA) is 75.6 Å². The molecule has 2 aliphatic rings. The summed E-state index contributed by atoms with van der Waals surface area (Å²) in [6.07, 6.45) is 5.17. The van der Waals surface area contributed by atoms with Gasteiger partial charge in [-0.25, -0.2) is 4.98 Å². The van der Waals surface area contributed by atoms with Gasteiger partial charge in [-0.05, 0) is 30.0 Å². The third kappa shape index (κ3) is 4.07. The van der Waals surface area contributed by atoms with Crippen molar-refractivity contribution in [2.45, 2.75) is 31.3 Å². The average Bonchev–Trinajstić information content (AvgIpc) is 2.99. The lowest BCUT2D eigenvalue weighted by Gasteiger charge is -2.54. The molecule has 2 aromatic carbocycles.